The van der Waals surface area contributed by atoms with E-state index >= 15 is 0 Å². The van der Waals surface area contributed by atoms with Crippen molar-refractivity contribution in [3.8, 4) is 5.75 Å². The summed E-state index contributed by atoms with van der Waals surface area (Å²) in [5, 5.41) is 0. The topological polar surface area (TPSA) is 9.23 Å². The van der Waals surface area contributed by atoms with Gasteiger partial charge in [0, 0.05) is 5.56 Å². The van der Waals surface area contributed by atoms with Crippen molar-refractivity contribution in [1.82, 2.24) is 0 Å². The molecule has 0 spiro atoms. The van der Waals surface area contributed by atoms with Crippen LogP contribution in [0.25, 0.3) is 0 Å². The van der Waals surface area contributed by atoms with Gasteiger partial charge < -0.3 is 4.74 Å². The normalized spacial score (nSPS) is 28.1. The first-order chi connectivity index (χ1) is 8.75. The van der Waals surface area contributed by atoms with Crippen molar-refractivity contribution in [2.24, 2.45) is 5.92 Å². The highest BCUT2D eigenvalue weighted by Crippen LogP contribution is 2.47. The lowest BCUT2D eigenvalue weighted by Gasteiger charge is -2.40. The highest BCUT2D eigenvalue weighted by molar-refractivity contribution is 5.40. The van der Waals surface area contributed by atoms with Crippen LogP contribution >= 0.6 is 0 Å². The van der Waals surface area contributed by atoms with Crippen molar-refractivity contribution in [3.63, 3.8) is 0 Å². The largest absolute Gasteiger partial charge is 0.496 e. The monoisotopic (exact) mass is 246 g/mol. The van der Waals surface area contributed by atoms with Crippen LogP contribution in [0.15, 0.2) is 24.3 Å². The maximum Gasteiger partial charge on any atom is 0.122 e. The molecule has 0 heterocycles. The second-order valence-electron chi connectivity index (χ2n) is 5.69. The molecule has 1 aliphatic carbocycles. The van der Waals surface area contributed by atoms with Crippen molar-refractivity contribution >= 4 is 0 Å². The van der Waals surface area contributed by atoms with Gasteiger partial charge in [-0.05, 0) is 49.5 Å². The van der Waals surface area contributed by atoms with E-state index in [0.717, 1.165) is 11.7 Å². The minimum Gasteiger partial charge on any atom is -0.496 e. The highest BCUT2D eigenvalue weighted by Gasteiger charge is 2.36. The predicted molar refractivity (Wildman–Crippen MR) is 77.2 cm³/mol. The Hall–Kier alpha value is -0.980. The number of para-hydroxylation sites is 1. The summed E-state index contributed by atoms with van der Waals surface area (Å²) in [6.07, 6.45) is 7.96. The van der Waals surface area contributed by atoms with E-state index in [1.807, 2.05) is 0 Å². The van der Waals surface area contributed by atoms with Gasteiger partial charge in [0.2, 0.25) is 0 Å². The number of hydrogen-bond donors (Lipinski definition) is 0. The van der Waals surface area contributed by atoms with Crippen LogP contribution in [0.1, 0.15) is 57.9 Å². The van der Waals surface area contributed by atoms with Crippen LogP contribution in [-0.4, -0.2) is 7.11 Å². The Balaban J connectivity index is 2.27. The van der Waals surface area contributed by atoms with Gasteiger partial charge in [0.1, 0.15) is 5.75 Å². The van der Waals surface area contributed by atoms with Gasteiger partial charge >= 0.3 is 0 Å². The lowest BCUT2D eigenvalue weighted by Crippen LogP contribution is -2.31. The molecule has 0 saturated heterocycles. The van der Waals surface area contributed by atoms with Gasteiger partial charge in [-0.2, -0.15) is 0 Å². The summed E-state index contributed by atoms with van der Waals surface area (Å²) in [5.41, 5.74) is 1.79. The van der Waals surface area contributed by atoms with Crippen molar-refractivity contribution in [1.29, 1.82) is 0 Å². The fraction of sp³-hybridized carbons (Fsp3) is 0.647. The Morgan fingerprint density at radius 1 is 1.17 bits per heavy atom. The van der Waals surface area contributed by atoms with E-state index in [-0.39, 0.29) is 0 Å². The zero-order chi connectivity index (χ0) is 13.0. The molecule has 1 aliphatic rings. The van der Waals surface area contributed by atoms with Crippen molar-refractivity contribution in [2.45, 2.75) is 57.8 Å². The van der Waals surface area contributed by atoms with E-state index in [4.69, 9.17) is 4.74 Å². The van der Waals surface area contributed by atoms with Crippen LogP contribution < -0.4 is 4.74 Å². The molecule has 2 rings (SSSR count). The van der Waals surface area contributed by atoms with Crippen LogP contribution in [0.4, 0.5) is 0 Å². The van der Waals surface area contributed by atoms with E-state index in [1.54, 1.807) is 7.11 Å². The first-order valence-electron chi connectivity index (χ1n) is 7.39. The molecule has 0 aliphatic heterocycles. The second kappa shape index (κ2) is 5.77. The standard InChI is InChI=1S/C17H26O/c1-4-14-10-12-17(5-2,13-11-14)15-8-6-7-9-16(15)18-3/h6-9,14H,4-5,10-13H2,1-3H3. The third-order valence-corrected chi connectivity index (χ3v) is 4.99. The summed E-state index contributed by atoms with van der Waals surface area (Å²) < 4.78 is 5.58. The fourth-order valence-corrected chi connectivity index (χ4v) is 3.53. The second-order valence-corrected chi connectivity index (χ2v) is 5.69. The van der Waals surface area contributed by atoms with Gasteiger partial charge in [-0.3, -0.25) is 0 Å². The minimum absolute atomic E-state index is 0.359. The number of benzene rings is 1. The van der Waals surface area contributed by atoms with Crippen molar-refractivity contribution < 1.29 is 4.74 Å². The fourth-order valence-electron chi connectivity index (χ4n) is 3.53. The molecule has 0 amide bonds. The maximum absolute atomic E-state index is 5.58. The molecular formula is C17H26O. The third kappa shape index (κ3) is 2.41. The summed E-state index contributed by atoms with van der Waals surface area (Å²) in [7, 11) is 1.79. The molecule has 1 aromatic carbocycles. The molecule has 0 N–H and O–H groups in total. The van der Waals surface area contributed by atoms with E-state index < -0.39 is 0 Å². The SMILES string of the molecule is CCC1CCC(CC)(c2ccccc2OC)CC1. The van der Waals surface area contributed by atoms with Gasteiger partial charge in [-0.1, -0.05) is 38.5 Å². The smallest absolute Gasteiger partial charge is 0.122 e. The van der Waals surface area contributed by atoms with Crippen LogP contribution in [0.2, 0.25) is 0 Å². The summed E-state index contributed by atoms with van der Waals surface area (Å²) in [6.45, 7) is 4.66. The summed E-state index contributed by atoms with van der Waals surface area (Å²) in [5.74, 6) is 2.02. The van der Waals surface area contributed by atoms with Gasteiger partial charge in [0.25, 0.3) is 0 Å². The Bertz CT molecular complexity index is 375. The molecule has 0 bridgehead atoms. The molecule has 1 aromatic rings. The first kappa shape index (κ1) is 13.5. The molecule has 1 nitrogen and oxygen atoms in total. The average Bonchev–Trinajstić information content (AvgIpc) is 2.47. The molecule has 1 fully saturated rings. The summed E-state index contributed by atoms with van der Waals surface area (Å²) in [6, 6.07) is 8.61. The zero-order valence-electron chi connectivity index (χ0n) is 12.0. The first-order valence-corrected chi connectivity index (χ1v) is 7.39. The third-order valence-electron chi connectivity index (χ3n) is 4.99. The molecular weight excluding hydrogens is 220 g/mol. The molecule has 0 aromatic heterocycles. The van der Waals surface area contributed by atoms with E-state index in [0.29, 0.717) is 5.41 Å². The Morgan fingerprint density at radius 2 is 1.83 bits per heavy atom. The Labute approximate surface area is 112 Å². The number of ether oxygens (including phenoxy) is 1. The van der Waals surface area contributed by atoms with Crippen LogP contribution in [0.3, 0.4) is 0 Å². The molecule has 1 saturated carbocycles. The summed E-state index contributed by atoms with van der Waals surface area (Å²) >= 11 is 0. The lowest BCUT2D eigenvalue weighted by molar-refractivity contribution is 0.214. The summed E-state index contributed by atoms with van der Waals surface area (Å²) in [4.78, 5) is 0. The van der Waals surface area contributed by atoms with Crippen LogP contribution in [0.5, 0.6) is 5.75 Å². The van der Waals surface area contributed by atoms with Gasteiger partial charge in [0.15, 0.2) is 0 Å². The van der Waals surface area contributed by atoms with Crippen molar-refractivity contribution in [2.75, 3.05) is 7.11 Å². The lowest BCUT2D eigenvalue weighted by atomic mass is 9.64. The Kier molecular flexibility index (Phi) is 4.31. The van der Waals surface area contributed by atoms with E-state index in [9.17, 15) is 0 Å². The minimum atomic E-state index is 0.359. The quantitative estimate of drug-likeness (QED) is 0.731. The highest BCUT2D eigenvalue weighted by atomic mass is 16.5. The molecule has 0 radical (unpaired) electrons. The maximum atomic E-state index is 5.58. The molecule has 100 valence electrons. The number of methoxy groups -OCH3 is 1. The molecule has 0 atom stereocenters. The molecule has 0 unspecified atom stereocenters. The van der Waals surface area contributed by atoms with Crippen molar-refractivity contribution in [3.05, 3.63) is 29.8 Å². The van der Waals surface area contributed by atoms with Crippen LogP contribution in [0, 0.1) is 5.92 Å². The van der Waals surface area contributed by atoms with Crippen LogP contribution in [-0.2, 0) is 5.41 Å². The zero-order valence-corrected chi connectivity index (χ0v) is 12.0. The Morgan fingerprint density at radius 3 is 2.39 bits per heavy atom. The van der Waals surface area contributed by atoms with E-state index in [1.165, 1.54) is 44.1 Å². The average molecular weight is 246 g/mol. The van der Waals surface area contributed by atoms with Gasteiger partial charge in [-0.25, -0.2) is 0 Å². The molecule has 18 heavy (non-hydrogen) atoms. The number of hydrogen-bond acceptors (Lipinski definition) is 1. The predicted octanol–water partition coefficient (Wildman–Crippen LogP) is 4.94. The van der Waals surface area contributed by atoms with E-state index in [2.05, 4.69) is 38.1 Å². The number of rotatable bonds is 4. The van der Waals surface area contributed by atoms with Gasteiger partial charge in [-0.15, -0.1) is 0 Å². The van der Waals surface area contributed by atoms with Gasteiger partial charge in [0.05, 0.1) is 7.11 Å². The molecule has 1 heteroatoms.